The fourth-order valence-corrected chi connectivity index (χ4v) is 3.07. The molecule has 0 saturated carbocycles. The van der Waals surface area contributed by atoms with Crippen LogP contribution in [0.15, 0.2) is 42.5 Å². The SMILES string of the molecule is CCN(CCC(S)c1ccccc1)c1cc(Cl)c([N+]#N)cc1OC. The van der Waals surface area contributed by atoms with Crippen LogP contribution in [0, 0.1) is 5.39 Å². The smallest absolute Gasteiger partial charge is 0.407 e. The Bertz CT molecular complexity index is 718. The molecule has 2 aromatic carbocycles. The molecule has 0 radical (unpaired) electrons. The zero-order valence-electron chi connectivity index (χ0n) is 13.8. The van der Waals surface area contributed by atoms with Crippen LogP contribution < -0.4 is 9.64 Å². The maximum Gasteiger partial charge on any atom is 0.407 e. The standard InChI is InChI=1S/C18H20ClN3OS/c1-3-22(10-9-18(24)13-7-5-4-6-8-13)16-11-14(19)15(21-20)12-17(16)23-2/h4-8,11-12,18H,3,9-10H2,1-2H3/p+1. The Morgan fingerprint density at radius 2 is 2.00 bits per heavy atom. The second kappa shape index (κ2) is 8.81. The van der Waals surface area contributed by atoms with Gasteiger partial charge in [0.1, 0.15) is 10.8 Å². The maximum absolute atomic E-state index is 8.99. The van der Waals surface area contributed by atoms with Gasteiger partial charge in [0.2, 0.25) is 5.39 Å². The van der Waals surface area contributed by atoms with Crippen LogP contribution in [0.5, 0.6) is 5.75 Å². The van der Waals surface area contributed by atoms with Crippen LogP contribution in [-0.2, 0) is 0 Å². The van der Waals surface area contributed by atoms with E-state index >= 15 is 0 Å². The Balaban J connectivity index is 2.17. The fourth-order valence-electron chi connectivity index (χ4n) is 2.59. The summed E-state index contributed by atoms with van der Waals surface area (Å²) in [5.41, 5.74) is 2.38. The van der Waals surface area contributed by atoms with Crippen LogP contribution >= 0.6 is 24.2 Å². The lowest BCUT2D eigenvalue weighted by molar-refractivity contribution is 0.414. The number of hydrogen-bond acceptors (Lipinski definition) is 4. The number of rotatable bonds is 7. The molecule has 1 atom stereocenters. The van der Waals surface area contributed by atoms with Gasteiger partial charge in [-0.2, -0.15) is 12.6 Å². The molecule has 24 heavy (non-hydrogen) atoms. The summed E-state index contributed by atoms with van der Waals surface area (Å²) in [6.45, 7) is 3.69. The predicted octanol–water partition coefficient (Wildman–Crippen LogP) is 5.72. The van der Waals surface area contributed by atoms with Crippen LogP contribution in [0.2, 0.25) is 5.02 Å². The monoisotopic (exact) mass is 362 g/mol. The molecule has 6 heteroatoms. The van der Waals surface area contributed by atoms with Gasteiger partial charge in [0.25, 0.3) is 0 Å². The molecule has 2 rings (SSSR count). The number of thiol groups is 1. The molecule has 0 aromatic heterocycles. The molecule has 1 unspecified atom stereocenters. The third kappa shape index (κ3) is 4.34. The zero-order valence-corrected chi connectivity index (χ0v) is 15.5. The van der Waals surface area contributed by atoms with Gasteiger partial charge in [-0.3, -0.25) is 0 Å². The maximum atomic E-state index is 8.99. The first-order chi connectivity index (χ1) is 11.6. The summed E-state index contributed by atoms with van der Waals surface area (Å²) in [5, 5.41) is 9.54. The highest BCUT2D eigenvalue weighted by Crippen LogP contribution is 2.38. The largest absolute Gasteiger partial charge is 0.494 e. The predicted molar refractivity (Wildman–Crippen MR) is 103 cm³/mol. The van der Waals surface area contributed by atoms with Gasteiger partial charge < -0.3 is 9.64 Å². The Hall–Kier alpha value is -1.90. The molecule has 2 aromatic rings. The number of anilines is 1. The first kappa shape index (κ1) is 18.4. The summed E-state index contributed by atoms with van der Waals surface area (Å²) >= 11 is 10.9. The highest BCUT2D eigenvalue weighted by atomic mass is 35.5. The number of ether oxygens (including phenoxy) is 1. The molecule has 0 fully saturated rings. The molecule has 0 aliphatic carbocycles. The molecule has 0 N–H and O–H groups in total. The fraction of sp³-hybridized carbons (Fsp3) is 0.333. The lowest BCUT2D eigenvalue weighted by Crippen LogP contribution is -2.25. The van der Waals surface area contributed by atoms with Gasteiger partial charge in [-0.25, -0.2) is 0 Å². The third-order valence-corrected chi connectivity index (χ3v) is 4.79. The third-order valence-electron chi connectivity index (χ3n) is 3.94. The molecule has 0 saturated heterocycles. The Kier molecular flexibility index (Phi) is 6.77. The molecule has 4 nitrogen and oxygen atoms in total. The summed E-state index contributed by atoms with van der Waals surface area (Å²) in [5.74, 6) is 0.629. The van der Waals surface area contributed by atoms with Crippen molar-refractivity contribution in [1.82, 2.24) is 0 Å². The quantitative estimate of drug-likeness (QED) is 0.505. The van der Waals surface area contributed by atoms with E-state index in [-0.39, 0.29) is 5.25 Å². The number of methoxy groups -OCH3 is 1. The Labute approximate surface area is 153 Å². The summed E-state index contributed by atoms with van der Waals surface area (Å²) < 4.78 is 5.43. The highest BCUT2D eigenvalue weighted by molar-refractivity contribution is 7.80. The summed E-state index contributed by atoms with van der Waals surface area (Å²) in [6, 6.07) is 13.6. The molecule has 0 aliphatic heterocycles. The van der Waals surface area contributed by atoms with E-state index in [4.69, 9.17) is 34.4 Å². The van der Waals surface area contributed by atoms with Gasteiger partial charge in [-0.1, -0.05) is 41.9 Å². The second-order valence-corrected chi connectivity index (χ2v) is 6.40. The van der Waals surface area contributed by atoms with E-state index in [2.05, 4.69) is 28.9 Å². The Morgan fingerprint density at radius 3 is 2.58 bits per heavy atom. The first-order valence-electron chi connectivity index (χ1n) is 7.81. The van der Waals surface area contributed by atoms with E-state index in [0.717, 1.165) is 25.2 Å². The molecular formula is C18H21ClN3OS+. The van der Waals surface area contributed by atoms with E-state index in [0.29, 0.717) is 16.5 Å². The Morgan fingerprint density at radius 1 is 1.29 bits per heavy atom. The van der Waals surface area contributed by atoms with Crippen molar-refractivity contribution in [2.24, 2.45) is 0 Å². The van der Waals surface area contributed by atoms with Crippen molar-refractivity contribution in [2.75, 3.05) is 25.1 Å². The van der Waals surface area contributed by atoms with Crippen molar-refractivity contribution in [3.05, 3.63) is 58.0 Å². The normalized spacial score (nSPS) is 11.6. The van der Waals surface area contributed by atoms with Crippen molar-refractivity contribution < 1.29 is 4.74 Å². The van der Waals surface area contributed by atoms with E-state index in [1.807, 2.05) is 18.2 Å². The van der Waals surface area contributed by atoms with Crippen molar-refractivity contribution in [1.29, 1.82) is 5.39 Å². The van der Waals surface area contributed by atoms with E-state index in [1.165, 1.54) is 5.56 Å². The van der Waals surface area contributed by atoms with Gasteiger partial charge in [0, 0.05) is 18.3 Å². The van der Waals surface area contributed by atoms with Crippen molar-refractivity contribution >= 4 is 35.6 Å². The minimum Gasteiger partial charge on any atom is -0.494 e. The van der Waals surface area contributed by atoms with Gasteiger partial charge in [-0.15, -0.1) is 0 Å². The lowest BCUT2D eigenvalue weighted by atomic mass is 10.1. The number of nitrogens with zero attached hydrogens (tertiary/aromatic N) is 3. The molecule has 0 amide bonds. The highest BCUT2D eigenvalue weighted by Gasteiger charge is 2.21. The molecule has 0 heterocycles. The van der Waals surface area contributed by atoms with Crippen LogP contribution in [0.1, 0.15) is 24.2 Å². The van der Waals surface area contributed by atoms with Crippen LogP contribution in [0.3, 0.4) is 0 Å². The number of diazo groups is 1. The average molecular weight is 363 g/mol. The topological polar surface area (TPSA) is 40.6 Å². The minimum atomic E-state index is 0.161. The molecule has 0 aliphatic rings. The molecule has 0 spiro atoms. The first-order valence-corrected chi connectivity index (χ1v) is 8.70. The number of hydrogen-bond donors (Lipinski definition) is 1. The number of halogens is 1. The van der Waals surface area contributed by atoms with Crippen LogP contribution in [-0.4, -0.2) is 20.2 Å². The van der Waals surface area contributed by atoms with Crippen molar-refractivity contribution in [2.45, 2.75) is 18.6 Å². The van der Waals surface area contributed by atoms with Gasteiger partial charge >= 0.3 is 5.69 Å². The van der Waals surface area contributed by atoms with E-state index in [9.17, 15) is 0 Å². The van der Waals surface area contributed by atoms with Crippen molar-refractivity contribution in [3.8, 4) is 5.75 Å². The zero-order chi connectivity index (χ0) is 17.5. The molecule has 0 bridgehead atoms. The summed E-state index contributed by atoms with van der Waals surface area (Å²) in [4.78, 5) is 5.35. The minimum absolute atomic E-state index is 0.161. The number of benzene rings is 2. The van der Waals surface area contributed by atoms with Gasteiger partial charge in [0.15, 0.2) is 4.98 Å². The summed E-state index contributed by atoms with van der Waals surface area (Å²) in [7, 11) is 1.59. The molecule has 126 valence electrons. The summed E-state index contributed by atoms with van der Waals surface area (Å²) in [6.07, 6.45) is 0.883. The second-order valence-electron chi connectivity index (χ2n) is 5.37. The lowest BCUT2D eigenvalue weighted by Gasteiger charge is -2.26. The van der Waals surface area contributed by atoms with Gasteiger partial charge in [-0.05, 0) is 25.0 Å². The molecular weight excluding hydrogens is 342 g/mol. The van der Waals surface area contributed by atoms with E-state index in [1.54, 1.807) is 19.2 Å². The van der Waals surface area contributed by atoms with Crippen LogP contribution in [0.4, 0.5) is 11.4 Å². The van der Waals surface area contributed by atoms with Gasteiger partial charge in [0.05, 0.1) is 18.9 Å². The van der Waals surface area contributed by atoms with E-state index < -0.39 is 0 Å². The van der Waals surface area contributed by atoms with Crippen molar-refractivity contribution in [3.63, 3.8) is 0 Å². The average Bonchev–Trinajstić information content (AvgIpc) is 2.63. The van der Waals surface area contributed by atoms with Crippen LogP contribution in [0.25, 0.3) is 4.98 Å².